The number of nitrogens with one attached hydrogen (secondary N) is 1. The predicted octanol–water partition coefficient (Wildman–Crippen LogP) is 3.91. The number of hydrogen-bond donors (Lipinski definition) is 1. The Kier molecular flexibility index (Phi) is 6.70. The molecule has 0 aliphatic carbocycles. The lowest BCUT2D eigenvalue weighted by Crippen LogP contribution is -2.50. The van der Waals surface area contributed by atoms with Gasteiger partial charge in [0.1, 0.15) is 5.75 Å². The van der Waals surface area contributed by atoms with E-state index in [-0.39, 0.29) is 17.3 Å². The van der Waals surface area contributed by atoms with Gasteiger partial charge in [0.2, 0.25) is 0 Å². The number of amides is 1. The van der Waals surface area contributed by atoms with E-state index in [1.54, 1.807) is 36.4 Å². The maximum absolute atomic E-state index is 13.3. The van der Waals surface area contributed by atoms with E-state index in [1.165, 1.54) is 10.4 Å². The van der Waals surface area contributed by atoms with Gasteiger partial charge in [-0.25, -0.2) is 8.42 Å². The standard InChI is InChI=1S/C21H25ClN2O4S/c1-3-4-5-12-23-21(25)20-14-24(18-13-16(22)8-11-19(18)28-20)29(26,27)17-9-6-15(2)7-10-17/h6-11,13,20H,3-5,12,14H2,1-2H3,(H,23,25). The minimum Gasteiger partial charge on any atom is -0.476 e. The van der Waals surface area contributed by atoms with Crippen molar-refractivity contribution in [1.82, 2.24) is 5.32 Å². The molecule has 0 radical (unpaired) electrons. The Morgan fingerprint density at radius 2 is 1.93 bits per heavy atom. The molecule has 1 aliphatic rings. The molecule has 1 atom stereocenters. The van der Waals surface area contributed by atoms with Crippen molar-refractivity contribution in [2.45, 2.75) is 44.1 Å². The Morgan fingerprint density at radius 3 is 2.62 bits per heavy atom. The molecule has 1 amide bonds. The number of hydrogen-bond acceptors (Lipinski definition) is 4. The molecule has 1 N–H and O–H groups in total. The van der Waals surface area contributed by atoms with Gasteiger partial charge in [0, 0.05) is 11.6 Å². The second kappa shape index (κ2) is 9.05. The van der Waals surface area contributed by atoms with Crippen LogP contribution in [0.2, 0.25) is 5.02 Å². The quantitative estimate of drug-likeness (QED) is 0.667. The van der Waals surface area contributed by atoms with Gasteiger partial charge in [-0.1, -0.05) is 49.1 Å². The van der Waals surface area contributed by atoms with Crippen LogP contribution < -0.4 is 14.4 Å². The number of nitrogens with zero attached hydrogens (tertiary/aromatic N) is 1. The highest BCUT2D eigenvalue weighted by atomic mass is 35.5. The summed E-state index contributed by atoms with van der Waals surface area (Å²) < 4.78 is 33.7. The van der Waals surface area contributed by atoms with Crippen molar-refractivity contribution >= 4 is 33.2 Å². The van der Waals surface area contributed by atoms with Gasteiger partial charge in [-0.05, 0) is 43.7 Å². The average molecular weight is 437 g/mol. The summed E-state index contributed by atoms with van der Waals surface area (Å²) in [4.78, 5) is 12.8. The molecule has 0 saturated heterocycles. The third-order valence-corrected chi connectivity index (χ3v) is 6.80. The van der Waals surface area contributed by atoms with Crippen molar-refractivity contribution < 1.29 is 17.9 Å². The van der Waals surface area contributed by atoms with Crippen LogP contribution in [0.25, 0.3) is 0 Å². The fourth-order valence-corrected chi connectivity index (χ4v) is 4.76. The van der Waals surface area contributed by atoms with Gasteiger partial charge in [-0.15, -0.1) is 0 Å². The maximum Gasteiger partial charge on any atom is 0.264 e. The summed E-state index contributed by atoms with van der Waals surface area (Å²) in [6.07, 6.45) is 1.99. The van der Waals surface area contributed by atoms with Gasteiger partial charge >= 0.3 is 0 Å². The molecule has 156 valence electrons. The summed E-state index contributed by atoms with van der Waals surface area (Å²) in [5, 5.41) is 3.23. The highest BCUT2D eigenvalue weighted by molar-refractivity contribution is 7.92. The first-order valence-electron chi connectivity index (χ1n) is 9.66. The van der Waals surface area contributed by atoms with E-state index >= 15 is 0 Å². The van der Waals surface area contributed by atoms with Crippen LogP contribution in [-0.2, 0) is 14.8 Å². The van der Waals surface area contributed by atoms with Crippen molar-refractivity contribution in [3.05, 3.63) is 53.1 Å². The fourth-order valence-electron chi connectivity index (χ4n) is 3.13. The minimum atomic E-state index is -3.89. The van der Waals surface area contributed by atoms with E-state index < -0.39 is 16.1 Å². The number of carbonyl (C=O) groups excluding carboxylic acids is 1. The molecule has 6 nitrogen and oxygen atoms in total. The van der Waals surface area contributed by atoms with Crippen molar-refractivity contribution in [1.29, 1.82) is 0 Å². The van der Waals surface area contributed by atoms with E-state index in [9.17, 15) is 13.2 Å². The van der Waals surface area contributed by atoms with Gasteiger partial charge < -0.3 is 10.1 Å². The summed E-state index contributed by atoms with van der Waals surface area (Å²) in [6, 6.07) is 11.3. The zero-order valence-electron chi connectivity index (χ0n) is 16.5. The molecule has 29 heavy (non-hydrogen) atoms. The molecule has 3 rings (SSSR count). The number of fused-ring (bicyclic) bond motifs is 1. The predicted molar refractivity (Wildman–Crippen MR) is 114 cm³/mol. The third kappa shape index (κ3) is 4.85. The molecule has 0 aromatic heterocycles. The summed E-state index contributed by atoms with van der Waals surface area (Å²) in [5.74, 6) is -0.0177. The number of sulfonamides is 1. The van der Waals surface area contributed by atoms with Gasteiger partial charge in [-0.2, -0.15) is 0 Å². The van der Waals surface area contributed by atoms with E-state index in [1.807, 2.05) is 6.92 Å². The molecule has 0 saturated carbocycles. The molecule has 2 aromatic rings. The number of benzene rings is 2. The van der Waals surface area contributed by atoms with Crippen LogP contribution in [0.5, 0.6) is 5.75 Å². The van der Waals surface area contributed by atoms with E-state index in [0.717, 1.165) is 24.8 Å². The van der Waals surface area contributed by atoms with Crippen LogP contribution in [-0.4, -0.2) is 33.5 Å². The van der Waals surface area contributed by atoms with Crippen LogP contribution in [0, 0.1) is 6.92 Å². The lowest BCUT2D eigenvalue weighted by Gasteiger charge is -2.35. The van der Waals surface area contributed by atoms with Crippen LogP contribution >= 0.6 is 11.6 Å². The number of anilines is 1. The Balaban J connectivity index is 1.91. The lowest BCUT2D eigenvalue weighted by molar-refractivity contribution is -0.127. The second-order valence-electron chi connectivity index (χ2n) is 7.07. The first-order valence-corrected chi connectivity index (χ1v) is 11.5. The van der Waals surface area contributed by atoms with Crippen molar-refractivity contribution in [3.63, 3.8) is 0 Å². The third-order valence-electron chi connectivity index (χ3n) is 4.77. The van der Waals surface area contributed by atoms with Crippen LogP contribution in [0.1, 0.15) is 31.7 Å². The van der Waals surface area contributed by atoms with Gasteiger partial charge in [0.05, 0.1) is 17.1 Å². The molecule has 0 bridgehead atoms. The van der Waals surface area contributed by atoms with Gasteiger partial charge in [-0.3, -0.25) is 9.10 Å². The van der Waals surface area contributed by atoms with Crippen LogP contribution in [0.4, 0.5) is 5.69 Å². The monoisotopic (exact) mass is 436 g/mol. The van der Waals surface area contributed by atoms with Gasteiger partial charge in [0.15, 0.2) is 6.10 Å². The molecule has 2 aromatic carbocycles. The molecule has 1 unspecified atom stereocenters. The first-order chi connectivity index (χ1) is 13.8. The number of aryl methyl sites for hydroxylation is 1. The molecule has 0 spiro atoms. The summed E-state index contributed by atoms with van der Waals surface area (Å²) >= 11 is 6.10. The van der Waals surface area contributed by atoms with Gasteiger partial charge in [0.25, 0.3) is 15.9 Å². The SMILES string of the molecule is CCCCCNC(=O)C1CN(S(=O)(=O)c2ccc(C)cc2)c2cc(Cl)ccc2O1. The summed E-state index contributed by atoms with van der Waals surface area (Å²) in [5.41, 5.74) is 1.28. The van der Waals surface area contributed by atoms with Crippen molar-refractivity contribution in [3.8, 4) is 5.75 Å². The Labute approximate surface area is 176 Å². The normalized spacial score (nSPS) is 16.1. The smallest absolute Gasteiger partial charge is 0.264 e. The first kappa shape index (κ1) is 21.5. The largest absolute Gasteiger partial charge is 0.476 e. The summed E-state index contributed by atoms with van der Waals surface area (Å²) in [6.45, 7) is 4.38. The lowest BCUT2D eigenvalue weighted by atomic mass is 10.2. The minimum absolute atomic E-state index is 0.122. The topological polar surface area (TPSA) is 75.7 Å². The Morgan fingerprint density at radius 1 is 1.21 bits per heavy atom. The molecular formula is C21H25ClN2O4S. The van der Waals surface area contributed by atoms with E-state index in [4.69, 9.17) is 16.3 Å². The zero-order chi connectivity index (χ0) is 21.0. The fraction of sp³-hybridized carbons (Fsp3) is 0.381. The maximum atomic E-state index is 13.3. The highest BCUT2D eigenvalue weighted by Gasteiger charge is 2.37. The number of ether oxygens (including phenoxy) is 1. The second-order valence-corrected chi connectivity index (χ2v) is 9.36. The molecule has 8 heteroatoms. The van der Waals surface area contributed by atoms with Crippen LogP contribution in [0.15, 0.2) is 47.4 Å². The van der Waals surface area contributed by atoms with Crippen molar-refractivity contribution in [2.24, 2.45) is 0 Å². The number of rotatable bonds is 7. The molecule has 1 aliphatic heterocycles. The number of carbonyl (C=O) groups is 1. The Bertz CT molecular complexity index is 977. The number of unbranched alkanes of at least 4 members (excludes halogenated alkanes) is 2. The van der Waals surface area contributed by atoms with Crippen molar-refractivity contribution in [2.75, 3.05) is 17.4 Å². The van der Waals surface area contributed by atoms with Crippen LogP contribution in [0.3, 0.4) is 0 Å². The molecule has 0 fully saturated rings. The molecular weight excluding hydrogens is 412 g/mol. The number of halogens is 1. The average Bonchev–Trinajstić information content (AvgIpc) is 2.70. The van der Waals surface area contributed by atoms with E-state index in [2.05, 4.69) is 12.2 Å². The molecule has 1 heterocycles. The van der Waals surface area contributed by atoms with E-state index in [0.29, 0.717) is 23.0 Å². The summed E-state index contributed by atoms with van der Waals surface area (Å²) in [7, 11) is -3.89. The Hall–Kier alpha value is -2.25. The zero-order valence-corrected chi connectivity index (χ0v) is 18.1. The highest BCUT2D eigenvalue weighted by Crippen LogP contribution is 2.38.